The highest BCUT2D eigenvalue weighted by molar-refractivity contribution is 6.31. The van der Waals surface area contributed by atoms with E-state index in [0.29, 0.717) is 16.3 Å². The van der Waals surface area contributed by atoms with Crippen LogP contribution in [0.4, 0.5) is 4.39 Å². The van der Waals surface area contributed by atoms with Gasteiger partial charge in [-0.1, -0.05) is 29.8 Å². The third-order valence-corrected chi connectivity index (χ3v) is 3.10. The van der Waals surface area contributed by atoms with Gasteiger partial charge in [0.2, 0.25) is 0 Å². The normalized spacial score (nSPS) is 10.8. The molecule has 0 amide bonds. The summed E-state index contributed by atoms with van der Waals surface area (Å²) in [7, 11) is 0. The molecule has 5 heteroatoms. The predicted molar refractivity (Wildman–Crippen MR) is 78.9 cm³/mol. The summed E-state index contributed by atoms with van der Waals surface area (Å²) >= 11 is 5.91. The SMILES string of the molecule is O=C(O)C=Cc1ccc(OCc2c(F)cccc2Cl)cc1. The fourth-order valence-electron chi connectivity index (χ4n) is 1.67. The second-order valence-corrected chi connectivity index (χ2v) is 4.64. The van der Waals surface area contributed by atoms with Gasteiger partial charge in [-0.2, -0.15) is 0 Å². The van der Waals surface area contributed by atoms with Crippen molar-refractivity contribution in [1.29, 1.82) is 0 Å². The Bertz CT molecular complexity index is 645. The monoisotopic (exact) mass is 306 g/mol. The van der Waals surface area contributed by atoms with E-state index in [0.717, 1.165) is 11.6 Å². The van der Waals surface area contributed by atoms with E-state index >= 15 is 0 Å². The summed E-state index contributed by atoms with van der Waals surface area (Å²) in [5.41, 5.74) is 1.03. The van der Waals surface area contributed by atoms with Crippen molar-refractivity contribution in [3.8, 4) is 5.75 Å². The van der Waals surface area contributed by atoms with Gasteiger partial charge >= 0.3 is 5.97 Å². The molecule has 0 heterocycles. The van der Waals surface area contributed by atoms with Crippen molar-refractivity contribution >= 4 is 23.6 Å². The number of carboxylic acid groups (broad SMARTS) is 1. The quantitative estimate of drug-likeness (QED) is 0.844. The van der Waals surface area contributed by atoms with E-state index in [1.807, 2.05) is 0 Å². The Morgan fingerprint density at radius 1 is 1.24 bits per heavy atom. The molecule has 0 unspecified atom stereocenters. The first kappa shape index (κ1) is 15.1. The lowest BCUT2D eigenvalue weighted by Gasteiger charge is -2.08. The van der Waals surface area contributed by atoms with Gasteiger partial charge in [-0.15, -0.1) is 0 Å². The van der Waals surface area contributed by atoms with Crippen LogP contribution in [0.15, 0.2) is 48.5 Å². The summed E-state index contributed by atoms with van der Waals surface area (Å²) in [6.07, 6.45) is 2.52. The molecular weight excluding hydrogens is 295 g/mol. The third-order valence-electron chi connectivity index (χ3n) is 2.74. The summed E-state index contributed by atoms with van der Waals surface area (Å²) in [4.78, 5) is 10.4. The molecule has 0 aromatic heterocycles. The van der Waals surface area contributed by atoms with Crippen LogP contribution in [0, 0.1) is 5.82 Å². The number of ether oxygens (including phenoxy) is 1. The molecule has 0 aliphatic heterocycles. The molecule has 0 aliphatic carbocycles. The molecule has 3 nitrogen and oxygen atoms in total. The van der Waals surface area contributed by atoms with E-state index in [1.165, 1.54) is 18.2 Å². The molecular formula is C16H12ClFO3. The van der Waals surface area contributed by atoms with Crippen molar-refractivity contribution in [3.63, 3.8) is 0 Å². The zero-order valence-corrected chi connectivity index (χ0v) is 11.7. The fraction of sp³-hybridized carbons (Fsp3) is 0.0625. The molecule has 0 aliphatic rings. The zero-order chi connectivity index (χ0) is 15.2. The van der Waals surface area contributed by atoms with E-state index in [9.17, 15) is 9.18 Å². The van der Waals surface area contributed by atoms with E-state index < -0.39 is 11.8 Å². The van der Waals surface area contributed by atoms with Crippen LogP contribution in [0.2, 0.25) is 5.02 Å². The maximum Gasteiger partial charge on any atom is 0.328 e. The Labute approximate surface area is 126 Å². The van der Waals surface area contributed by atoms with Crippen LogP contribution in [0.1, 0.15) is 11.1 Å². The number of aliphatic carboxylic acids is 1. The Morgan fingerprint density at radius 2 is 1.95 bits per heavy atom. The predicted octanol–water partition coefficient (Wildman–Crippen LogP) is 4.16. The van der Waals surface area contributed by atoms with Crippen LogP contribution in [0.25, 0.3) is 6.08 Å². The lowest BCUT2D eigenvalue weighted by molar-refractivity contribution is -0.131. The van der Waals surface area contributed by atoms with Crippen LogP contribution in [-0.2, 0) is 11.4 Å². The van der Waals surface area contributed by atoms with Gasteiger partial charge in [0.1, 0.15) is 18.2 Å². The second kappa shape index (κ2) is 6.90. The minimum Gasteiger partial charge on any atom is -0.489 e. The fourth-order valence-corrected chi connectivity index (χ4v) is 1.89. The number of rotatable bonds is 5. The first-order valence-electron chi connectivity index (χ1n) is 6.13. The summed E-state index contributed by atoms with van der Waals surface area (Å²) in [5.74, 6) is -0.880. The average Bonchev–Trinajstić information content (AvgIpc) is 2.46. The standard InChI is InChI=1S/C16H12ClFO3/c17-14-2-1-3-15(18)13(14)10-21-12-7-4-11(5-8-12)6-9-16(19)20/h1-9H,10H2,(H,19,20). The molecule has 21 heavy (non-hydrogen) atoms. The molecule has 2 rings (SSSR count). The van der Waals surface area contributed by atoms with Gasteiger partial charge in [-0.25, -0.2) is 9.18 Å². The minimum absolute atomic E-state index is 0.0236. The van der Waals surface area contributed by atoms with Gasteiger partial charge in [0.05, 0.1) is 5.02 Å². The molecule has 0 spiro atoms. The van der Waals surface area contributed by atoms with Crippen molar-refractivity contribution in [2.24, 2.45) is 0 Å². The van der Waals surface area contributed by atoms with Gasteiger partial charge < -0.3 is 9.84 Å². The van der Waals surface area contributed by atoms with Gasteiger partial charge in [0.25, 0.3) is 0 Å². The average molecular weight is 307 g/mol. The second-order valence-electron chi connectivity index (χ2n) is 4.23. The number of carboxylic acids is 1. The number of carbonyl (C=O) groups is 1. The summed E-state index contributed by atoms with van der Waals surface area (Å²) in [6, 6.07) is 11.2. The highest BCUT2D eigenvalue weighted by Crippen LogP contribution is 2.21. The van der Waals surface area contributed by atoms with Gasteiger partial charge in [0.15, 0.2) is 0 Å². The van der Waals surface area contributed by atoms with Crippen molar-refractivity contribution in [2.45, 2.75) is 6.61 Å². The van der Waals surface area contributed by atoms with Crippen LogP contribution in [0.5, 0.6) is 5.75 Å². The summed E-state index contributed by atoms with van der Waals surface area (Å²) in [5, 5.41) is 8.85. The summed E-state index contributed by atoms with van der Waals surface area (Å²) in [6.45, 7) is 0.0236. The molecule has 0 saturated heterocycles. The van der Waals surface area contributed by atoms with Crippen molar-refractivity contribution < 1.29 is 19.0 Å². The van der Waals surface area contributed by atoms with Crippen molar-refractivity contribution in [2.75, 3.05) is 0 Å². The molecule has 0 fully saturated rings. The maximum absolute atomic E-state index is 13.6. The van der Waals surface area contributed by atoms with Crippen molar-refractivity contribution in [3.05, 3.63) is 70.5 Å². The van der Waals surface area contributed by atoms with Gasteiger partial charge in [-0.3, -0.25) is 0 Å². The third kappa shape index (κ3) is 4.33. The van der Waals surface area contributed by atoms with Crippen molar-refractivity contribution in [1.82, 2.24) is 0 Å². The molecule has 0 saturated carbocycles. The van der Waals surface area contributed by atoms with Crippen LogP contribution in [0.3, 0.4) is 0 Å². The number of benzene rings is 2. The number of halogens is 2. The number of hydrogen-bond acceptors (Lipinski definition) is 2. The minimum atomic E-state index is -1.01. The lowest BCUT2D eigenvalue weighted by Crippen LogP contribution is -1.99. The van der Waals surface area contributed by atoms with Crippen LogP contribution in [-0.4, -0.2) is 11.1 Å². The van der Waals surface area contributed by atoms with E-state index in [2.05, 4.69) is 0 Å². The Kier molecular flexibility index (Phi) is 4.95. The molecule has 0 radical (unpaired) electrons. The maximum atomic E-state index is 13.6. The first-order valence-corrected chi connectivity index (χ1v) is 6.51. The molecule has 2 aromatic rings. The zero-order valence-electron chi connectivity index (χ0n) is 10.9. The number of hydrogen-bond donors (Lipinski definition) is 1. The molecule has 0 bridgehead atoms. The Hall–Kier alpha value is -2.33. The Morgan fingerprint density at radius 3 is 2.57 bits per heavy atom. The van der Waals surface area contributed by atoms with E-state index in [4.69, 9.17) is 21.4 Å². The molecule has 1 N–H and O–H groups in total. The summed E-state index contributed by atoms with van der Waals surface area (Å²) < 4.78 is 19.0. The van der Waals surface area contributed by atoms with E-state index in [-0.39, 0.29) is 6.61 Å². The molecule has 2 aromatic carbocycles. The van der Waals surface area contributed by atoms with E-state index in [1.54, 1.807) is 30.3 Å². The van der Waals surface area contributed by atoms with Crippen LogP contribution < -0.4 is 4.74 Å². The molecule has 0 atom stereocenters. The Balaban J connectivity index is 2.02. The topological polar surface area (TPSA) is 46.5 Å². The van der Waals surface area contributed by atoms with Gasteiger partial charge in [0, 0.05) is 11.6 Å². The van der Waals surface area contributed by atoms with Gasteiger partial charge in [-0.05, 0) is 35.9 Å². The largest absolute Gasteiger partial charge is 0.489 e. The smallest absolute Gasteiger partial charge is 0.328 e. The highest BCUT2D eigenvalue weighted by atomic mass is 35.5. The van der Waals surface area contributed by atoms with Crippen LogP contribution >= 0.6 is 11.6 Å². The lowest BCUT2D eigenvalue weighted by atomic mass is 10.2. The first-order chi connectivity index (χ1) is 10.1. The molecule has 108 valence electrons. The highest BCUT2D eigenvalue weighted by Gasteiger charge is 2.07.